The van der Waals surface area contributed by atoms with Gasteiger partial charge < -0.3 is 9.84 Å². The zero-order valence-electron chi connectivity index (χ0n) is 14.6. The summed E-state index contributed by atoms with van der Waals surface area (Å²) in [5, 5.41) is 9.25. The van der Waals surface area contributed by atoms with Crippen molar-refractivity contribution in [2.45, 2.75) is 32.4 Å². The molecule has 2 aromatic rings. The van der Waals surface area contributed by atoms with Crippen LogP contribution in [0.3, 0.4) is 0 Å². The number of hydrogen-bond acceptors (Lipinski definition) is 3. The minimum absolute atomic E-state index is 0.213. The zero-order chi connectivity index (χ0) is 17.6. The van der Waals surface area contributed by atoms with E-state index in [-0.39, 0.29) is 12.0 Å². The van der Waals surface area contributed by atoms with Gasteiger partial charge in [0, 0.05) is 12.6 Å². The summed E-state index contributed by atoms with van der Waals surface area (Å²) >= 11 is 0. The van der Waals surface area contributed by atoms with Crippen LogP contribution in [0, 0.1) is 5.92 Å². The fraction of sp³-hybridized carbons (Fsp3) is 0.381. The number of likely N-dealkylation sites (tertiary alicyclic amines) is 1. The summed E-state index contributed by atoms with van der Waals surface area (Å²) in [7, 11) is 0. The van der Waals surface area contributed by atoms with Crippen LogP contribution in [0.1, 0.15) is 36.9 Å². The predicted molar refractivity (Wildman–Crippen MR) is 97.6 cm³/mol. The third-order valence-corrected chi connectivity index (χ3v) is 4.96. The summed E-state index contributed by atoms with van der Waals surface area (Å²) in [5.41, 5.74) is 2.34. The number of aliphatic carboxylic acids is 1. The largest absolute Gasteiger partial charge is 0.489 e. The number of carboxylic acids is 1. The molecule has 1 heterocycles. The Morgan fingerprint density at radius 3 is 2.60 bits per heavy atom. The van der Waals surface area contributed by atoms with E-state index in [9.17, 15) is 9.90 Å². The Hall–Kier alpha value is -2.33. The maximum Gasteiger partial charge on any atom is 0.307 e. The summed E-state index contributed by atoms with van der Waals surface area (Å²) in [5.74, 6) is -0.0758. The van der Waals surface area contributed by atoms with Gasteiger partial charge >= 0.3 is 5.97 Å². The third kappa shape index (κ3) is 4.60. The van der Waals surface area contributed by atoms with Crippen molar-refractivity contribution in [1.29, 1.82) is 0 Å². The minimum Gasteiger partial charge on any atom is -0.489 e. The fourth-order valence-electron chi connectivity index (χ4n) is 3.35. The monoisotopic (exact) mass is 339 g/mol. The van der Waals surface area contributed by atoms with E-state index >= 15 is 0 Å². The van der Waals surface area contributed by atoms with Crippen molar-refractivity contribution in [2.24, 2.45) is 5.92 Å². The molecule has 0 aromatic heterocycles. The number of benzene rings is 2. The van der Waals surface area contributed by atoms with Crippen molar-refractivity contribution in [1.82, 2.24) is 4.90 Å². The molecule has 1 aliphatic rings. The molecule has 2 unspecified atom stereocenters. The summed E-state index contributed by atoms with van der Waals surface area (Å²) in [6.07, 6.45) is 1.73. The summed E-state index contributed by atoms with van der Waals surface area (Å²) in [6, 6.07) is 18.5. The van der Waals surface area contributed by atoms with Crippen LogP contribution < -0.4 is 4.74 Å². The van der Waals surface area contributed by atoms with Gasteiger partial charge in [0.1, 0.15) is 12.4 Å². The Morgan fingerprint density at radius 2 is 1.92 bits per heavy atom. The van der Waals surface area contributed by atoms with Gasteiger partial charge in [-0.15, -0.1) is 0 Å². The van der Waals surface area contributed by atoms with Gasteiger partial charge in [-0.1, -0.05) is 42.5 Å². The number of carboxylic acid groups (broad SMARTS) is 1. The molecule has 0 saturated carbocycles. The van der Waals surface area contributed by atoms with E-state index in [1.54, 1.807) is 0 Å². The molecule has 0 radical (unpaired) electrons. The maximum absolute atomic E-state index is 11.2. The van der Waals surface area contributed by atoms with Crippen molar-refractivity contribution in [3.8, 4) is 5.75 Å². The second-order valence-electron chi connectivity index (χ2n) is 6.69. The van der Waals surface area contributed by atoms with Crippen molar-refractivity contribution in [3.63, 3.8) is 0 Å². The number of rotatable bonds is 6. The van der Waals surface area contributed by atoms with Crippen LogP contribution in [0.15, 0.2) is 54.6 Å². The fourth-order valence-corrected chi connectivity index (χ4v) is 3.35. The van der Waals surface area contributed by atoms with Crippen LogP contribution >= 0.6 is 0 Å². The highest BCUT2D eigenvalue weighted by molar-refractivity contribution is 5.70. The maximum atomic E-state index is 11.2. The molecule has 1 saturated heterocycles. The molecule has 4 heteroatoms. The van der Waals surface area contributed by atoms with E-state index in [0.717, 1.165) is 30.7 Å². The molecule has 1 aliphatic heterocycles. The van der Waals surface area contributed by atoms with Crippen molar-refractivity contribution in [2.75, 3.05) is 13.1 Å². The molecule has 2 aromatic carbocycles. The SMILES string of the molecule is CC(c1ccc(OCc2ccccc2)cc1)N1CCCC(C(=O)O)C1. The number of hydrogen-bond donors (Lipinski definition) is 1. The summed E-state index contributed by atoms with van der Waals surface area (Å²) in [4.78, 5) is 13.5. The lowest BCUT2D eigenvalue weighted by Gasteiger charge is -2.35. The quantitative estimate of drug-likeness (QED) is 0.860. The van der Waals surface area contributed by atoms with Gasteiger partial charge in [-0.25, -0.2) is 0 Å². The minimum atomic E-state index is -0.679. The van der Waals surface area contributed by atoms with Crippen LogP contribution in [0.4, 0.5) is 0 Å². The highest BCUT2D eigenvalue weighted by Gasteiger charge is 2.28. The molecule has 0 aliphatic carbocycles. The molecule has 0 spiro atoms. The molecular weight excluding hydrogens is 314 g/mol. The van der Waals surface area contributed by atoms with Gasteiger partial charge in [-0.3, -0.25) is 9.69 Å². The van der Waals surface area contributed by atoms with Crippen molar-refractivity contribution >= 4 is 5.97 Å². The molecule has 25 heavy (non-hydrogen) atoms. The van der Waals surface area contributed by atoms with E-state index < -0.39 is 5.97 Å². The van der Waals surface area contributed by atoms with Gasteiger partial charge in [-0.2, -0.15) is 0 Å². The highest BCUT2D eigenvalue weighted by Crippen LogP contribution is 2.28. The number of nitrogens with zero attached hydrogens (tertiary/aromatic N) is 1. The van der Waals surface area contributed by atoms with Crippen molar-refractivity contribution in [3.05, 3.63) is 65.7 Å². The van der Waals surface area contributed by atoms with Crippen LogP contribution in [-0.4, -0.2) is 29.1 Å². The van der Waals surface area contributed by atoms with Gasteiger partial charge in [0.05, 0.1) is 5.92 Å². The second kappa shape index (κ2) is 8.17. The average molecular weight is 339 g/mol. The van der Waals surface area contributed by atoms with Crippen LogP contribution in [0.5, 0.6) is 5.75 Å². The van der Waals surface area contributed by atoms with Crippen LogP contribution in [-0.2, 0) is 11.4 Å². The molecule has 1 N–H and O–H groups in total. The lowest BCUT2D eigenvalue weighted by molar-refractivity contribution is -0.143. The number of ether oxygens (including phenoxy) is 1. The van der Waals surface area contributed by atoms with E-state index in [1.165, 1.54) is 5.56 Å². The first-order valence-corrected chi connectivity index (χ1v) is 8.87. The average Bonchev–Trinajstić information content (AvgIpc) is 2.67. The summed E-state index contributed by atoms with van der Waals surface area (Å²) < 4.78 is 5.83. The molecule has 2 atom stereocenters. The lowest BCUT2D eigenvalue weighted by Crippen LogP contribution is -2.40. The van der Waals surface area contributed by atoms with Crippen LogP contribution in [0.25, 0.3) is 0 Å². The Labute approximate surface area is 149 Å². The topological polar surface area (TPSA) is 49.8 Å². The normalized spacial score (nSPS) is 19.3. The Balaban J connectivity index is 1.58. The molecule has 4 nitrogen and oxygen atoms in total. The summed E-state index contributed by atoms with van der Waals surface area (Å²) in [6.45, 7) is 4.28. The molecule has 1 fully saturated rings. The molecule has 3 rings (SSSR count). The van der Waals surface area contributed by atoms with E-state index in [4.69, 9.17) is 4.74 Å². The molecular formula is C21H25NO3. The van der Waals surface area contributed by atoms with Crippen LogP contribution in [0.2, 0.25) is 0 Å². The molecule has 0 bridgehead atoms. The van der Waals surface area contributed by atoms with E-state index in [0.29, 0.717) is 13.2 Å². The lowest BCUT2D eigenvalue weighted by atomic mass is 9.95. The van der Waals surface area contributed by atoms with E-state index in [2.05, 4.69) is 24.0 Å². The molecule has 132 valence electrons. The Bertz CT molecular complexity index is 684. The van der Waals surface area contributed by atoms with Crippen molar-refractivity contribution < 1.29 is 14.6 Å². The highest BCUT2D eigenvalue weighted by atomic mass is 16.5. The predicted octanol–water partition coefficient (Wildman–Crippen LogP) is 4.12. The Kier molecular flexibility index (Phi) is 5.71. The molecule has 0 amide bonds. The van der Waals surface area contributed by atoms with Gasteiger partial charge in [0.15, 0.2) is 0 Å². The second-order valence-corrected chi connectivity index (χ2v) is 6.69. The van der Waals surface area contributed by atoms with Gasteiger partial charge in [0.25, 0.3) is 0 Å². The first-order chi connectivity index (χ1) is 12.1. The van der Waals surface area contributed by atoms with Gasteiger partial charge in [0.2, 0.25) is 0 Å². The standard InChI is InChI=1S/C21H25NO3/c1-16(22-13-5-8-19(14-22)21(23)24)18-9-11-20(12-10-18)25-15-17-6-3-2-4-7-17/h2-4,6-7,9-12,16,19H,5,8,13-15H2,1H3,(H,23,24). The number of piperidine rings is 1. The first-order valence-electron chi connectivity index (χ1n) is 8.87. The van der Waals surface area contributed by atoms with E-state index in [1.807, 2.05) is 42.5 Å². The Morgan fingerprint density at radius 1 is 1.20 bits per heavy atom. The zero-order valence-corrected chi connectivity index (χ0v) is 14.6. The van der Waals surface area contributed by atoms with Gasteiger partial charge in [-0.05, 0) is 49.6 Å². The smallest absolute Gasteiger partial charge is 0.307 e. The third-order valence-electron chi connectivity index (χ3n) is 4.96. The number of carbonyl (C=O) groups is 1. The first kappa shape index (κ1) is 17.5.